The zero-order valence-corrected chi connectivity index (χ0v) is 8.77. The Morgan fingerprint density at radius 1 is 1.27 bits per heavy atom. The third-order valence-corrected chi connectivity index (χ3v) is 2.27. The van der Waals surface area contributed by atoms with Crippen LogP contribution in [0.4, 0.5) is 0 Å². The summed E-state index contributed by atoms with van der Waals surface area (Å²) in [5, 5.41) is 0. The van der Waals surface area contributed by atoms with E-state index < -0.39 is 0 Å². The number of ether oxygens (including phenoxy) is 1. The smallest absolute Gasteiger partial charge is 0.213 e. The van der Waals surface area contributed by atoms with Crippen molar-refractivity contribution in [1.29, 1.82) is 0 Å². The average molecular weight is 200 g/mol. The summed E-state index contributed by atoms with van der Waals surface area (Å²) in [6.45, 7) is 2.03. The molecule has 2 aromatic rings. The number of pyridine rings is 2. The van der Waals surface area contributed by atoms with Crippen LogP contribution in [0.3, 0.4) is 0 Å². The molecule has 0 aliphatic heterocycles. The van der Waals surface area contributed by atoms with E-state index in [2.05, 4.69) is 9.97 Å². The molecule has 15 heavy (non-hydrogen) atoms. The van der Waals surface area contributed by atoms with Crippen LogP contribution in [-0.4, -0.2) is 17.1 Å². The summed E-state index contributed by atoms with van der Waals surface area (Å²) >= 11 is 0. The van der Waals surface area contributed by atoms with E-state index in [1.807, 2.05) is 37.5 Å². The number of hydrogen-bond acceptors (Lipinski definition) is 3. The second-order valence-corrected chi connectivity index (χ2v) is 3.28. The predicted molar refractivity (Wildman–Crippen MR) is 58.8 cm³/mol. The minimum absolute atomic E-state index is 0.639. The van der Waals surface area contributed by atoms with Crippen molar-refractivity contribution in [2.24, 2.45) is 0 Å². The fraction of sp³-hybridized carbons (Fsp3) is 0.167. The molecule has 0 fully saturated rings. The van der Waals surface area contributed by atoms with E-state index >= 15 is 0 Å². The van der Waals surface area contributed by atoms with Gasteiger partial charge in [-0.1, -0.05) is 6.07 Å². The van der Waals surface area contributed by atoms with E-state index in [9.17, 15) is 0 Å². The third-order valence-electron chi connectivity index (χ3n) is 2.27. The highest BCUT2D eigenvalue weighted by Crippen LogP contribution is 2.23. The van der Waals surface area contributed by atoms with Gasteiger partial charge in [-0.15, -0.1) is 0 Å². The average Bonchev–Trinajstić information content (AvgIpc) is 2.30. The van der Waals surface area contributed by atoms with E-state index in [4.69, 9.17) is 4.74 Å². The first-order valence-electron chi connectivity index (χ1n) is 4.72. The number of methoxy groups -OCH3 is 1. The Hall–Kier alpha value is -1.90. The minimum atomic E-state index is 0.639. The lowest BCUT2D eigenvalue weighted by Crippen LogP contribution is -1.91. The lowest BCUT2D eigenvalue weighted by atomic mass is 10.1. The van der Waals surface area contributed by atoms with Gasteiger partial charge in [0.1, 0.15) is 0 Å². The normalized spacial score (nSPS) is 10.0. The van der Waals surface area contributed by atoms with Gasteiger partial charge in [0.15, 0.2) is 0 Å². The maximum Gasteiger partial charge on any atom is 0.213 e. The molecule has 2 rings (SSSR count). The van der Waals surface area contributed by atoms with Crippen LogP contribution in [0.5, 0.6) is 5.88 Å². The van der Waals surface area contributed by atoms with Crippen LogP contribution in [0.2, 0.25) is 0 Å². The van der Waals surface area contributed by atoms with Gasteiger partial charge < -0.3 is 4.74 Å². The molecule has 3 heteroatoms. The van der Waals surface area contributed by atoms with Gasteiger partial charge in [0.05, 0.1) is 7.11 Å². The van der Waals surface area contributed by atoms with Crippen LogP contribution in [0.1, 0.15) is 5.56 Å². The summed E-state index contributed by atoms with van der Waals surface area (Å²) in [4.78, 5) is 8.27. The molecule has 0 bridgehead atoms. The molecule has 0 spiro atoms. The van der Waals surface area contributed by atoms with Gasteiger partial charge in [0, 0.05) is 35.8 Å². The van der Waals surface area contributed by atoms with Gasteiger partial charge >= 0.3 is 0 Å². The van der Waals surface area contributed by atoms with Crippen LogP contribution < -0.4 is 4.74 Å². The van der Waals surface area contributed by atoms with Crippen LogP contribution in [-0.2, 0) is 0 Å². The quantitative estimate of drug-likeness (QED) is 0.747. The molecule has 0 aliphatic carbocycles. The second-order valence-electron chi connectivity index (χ2n) is 3.28. The predicted octanol–water partition coefficient (Wildman–Crippen LogP) is 2.46. The van der Waals surface area contributed by atoms with Gasteiger partial charge in [-0.3, -0.25) is 4.98 Å². The van der Waals surface area contributed by atoms with Gasteiger partial charge in [-0.05, 0) is 18.6 Å². The topological polar surface area (TPSA) is 35.0 Å². The summed E-state index contributed by atoms with van der Waals surface area (Å²) in [6.07, 6.45) is 5.40. The molecule has 0 aromatic carbocycles. The molecular weight excluding hydrogens is 188 g/mol. The highest BCUT2D eigenvalue weighted by atomic mass is 16.5. The first kappa shape index (κ1) is 9.65. The monoisotopic (exact) mass is 200 g/mol. The van der Waals surface area contributed by atoms with Crippen molar-refractivity contribution in [1.82, 2.24) is 9.97 Å². The van der Waals surface area contributed by atoms with E-state index in [0.717, 1.165) is 16.7 Å². The van der Waals surface area contributed by atoms with Crippen molar-refractivity contribution < 1.29 is 4.74 Å². The Labute approximate surface area is 88.8 Å². The zero-order chi connectivity index (χ0) is 10.7. The molecule has 0 unspecified atom stereocenters. The van der Waals surface area contributed by atoms with Crippen molar-refractivity contribution >= 4 is 0 Å². The Kier molecular flexibility index (Phi) is 2.63. The van der Waals surface area contributed by atoms with E-state index in [1.165, 1.54) is 0 Å². The molecule has 0 N–H and O–H groups in total. The fourth-order valence-corrected chi connectivity index (χ4v) is 1.47. The maximum atomic E-state index is 5.06. The Bertz CT molecular complexity index is 454. The molecule has 3 nitrogen and oxygen atoms in total. The van der Waals surface area contributed by atoms with Gasteiger partial charge in [0.25, 0.3) is 0 Å². The van der Waals surface area contributed by atoms with Crippen molar-refractivity contribution in [2.75, 3.05) is 7.11 Å². The van der Waals surface area contributed by atoms with E-state index in [0.29, 0.717) is 5.88 Å². The lowest BCUT2D eigenvalue weighted by Gasteiger charge is -2.06. The van der Waals surface area contributed by atoms with Crippen LogP contribution in [0.25, 0.3) is 11.1 Å². The molecule has 0 saturated heterocycles. The number of nitrogens with zero attached hydrogens (tertiary/aromatic N) is 2. The lowest BCUT2D eigenvalue weighted by molar-refractivity contribution is 0.397. The molecule has 0 radical (unpaired) electrons. The number of aromatic nitrogens is 2. The van der Waals surface area contributed by atoms with Crippen molar-refractivity contribution in [3.8, 4) is 17.0 Å². The van der Waals surface area contributed by atoms with Crippen molar-refractivity contribution in [2.45, 2.75) is 6.92 Å². The van der Waals surface area contributed by atoms with Gasteiger partial charge in [-0.25, -0.2) is 4.98 Å². The van der Waals surface area contributed by atoms with Gasteiger partial charge in [-0.2, -0.15) is 0 Å². The number of rotatable bonds is 2. The van der Waals surface area contributed by atoms with E-state index in [1.54, 1.807) is 13.3 Å². The number of hydrogen-bond donors (Lipinski definition) is 0. The largest absolute Gasteiger partial charge is 0.481 e. The first-order chi connectivity index (χ1) is 7.31. The standard InChI is InChI=1S/C12H12N2O/c1-9-6-12(15-2)14-8-11(9)10-4-3-5-13-7-10/h3-8H,1-2H3. The van der Waals surface area contributed by atoms with Crippen molar-refractivity contribution in [3.05, 3.63) is 42.4 Å². The highest BCUT2D eigenvalue weighted by molar-refractivity contribution is 5.65. The summed E-state index contributed by atoms with van der Waals surface area (Å²) in [5.41, 5.74) is 3.30. The second kappa shape index (κ2) is 4.09. The Morgan fingerprint density at radius 3 is 2.73 bits per heavy atom. The molecule has 2 aromatic heterocycles. The van der Waals surface area contributed by atoms with Crippen LogP contribution in [0, 0.1) is 6.92 Å². The van der Waals surface area contributed by atoms with E-state index in [-0.39, 0.29) is 0 Å². The third kappa shape index (κ3) is 1.96. The van der Waals surface area contributed by atoms with Crippen molar-refractivity contribution in [3.63, 3.8) is 0 Å². The molecule has 2 heterocycles. The molecule has 0 amide bonds. The maximum absolute atomic E-state index is 5.06. The summed E-state index contributed by atoms with van der Waals surface area (Å²) in [6, 6.07) is 5.85. The number of aryl methyl sites for hydroxylation is 1. The Balaban J connectivity index is 2.46. The first-order valence-corrected chi connectivity index (χ1v) is 4.72. The molecular formula is C12H12N2O. The molecule has 0 atom stereocenters. The molecule has 0 aliphatic rings. The van der Waals surface area contributed by atoms with Crippen LogP contribution >= 0.6 is 0 Å². The Morgan fingerprint density at radius 2 is 2.13 bits per heavy atom. The minimum Gasteiger partial charge on any atom is -0.481 e. The molecule has 76 valence electrons. The highest BCUT2D eigenvalue weighted by Gasteiger charge is 2.03. The van der Waals surface area contributed by atoms with Gasteiger partial charge in [0.2, 0.25) is 5.88 Å². The molecule has 0 saturated carbocycles. The summed E-state index contributed by atoms with van der Waals surface area (Å²) in [5.74, 6) is 0.639. The fourth-order valence-electron chi connectivity index (χ4n) is 1.47. The van der Waals surface area contributed by atoms with Crippen LogP contribution in [0.15, 0.2) is 36.8 Å². The SMILES string of the molecule is COc1cc(C)c(-c2cccnc2)cn1. The summed E-state index contributed by atoms with van der Waals surface area (Å²) < 4.78 is 5.06. The zero-order valence-electron chi connectivity index (χ0n) is 8.77. The summed E-state index contributed by atoms with van der Waals surface area (Å²) in [7, 11) is 1.62.